The van der Waals surface area contributed by atoms with E-state index in [0.717, 1.165) is 31.6 Å². The SMILES string of the molecule is Cc1ccncc1C(=O)NC1CCOCC1. The van der Waals surface area contributed by atoms with E-state index in [0.29, 0.717) is 5.56 Å². The number of amides is 1. The van der Waals surface area contributed by atoms with Crippen LogP contribution in [0.4, 0.5) is 0 Å². The molecule has 2 rings (SSSR count). The van der Waals surface area contributed by atoms with E-state index in [2.05, 4.69) is 10.3 Å². The highest BCUT2D eigenvalue weighted by molar-refractivity contribution is 5.95. The first kappa shape index (κ1) is 11.1. The van der Waals surface area contributed by atoms with Crippen LogP contribution >= 0.6 is 0 Å². The molecule has 0 atom stereocenters. The molecule has 1 aromatic heterocycles. The van der Waals surface area contributed by atoms with Gasteiger partial charge in [0.25, 0.3) is 5.91 Å². The van der Waals surface area contributed by atoms with Crippen LogP contribution in [0.1, 0.15) is 28.8 Å². The maximum atomic E-state index is 11.9. The third-order valence-electron chi connectivity index (χ3n) is 2.84. The summed E-state index contributed by atoms with van der Waals surface area (Å²) in [4.78, 5) is 15.9. The molecule has 0 aliphatic carbocycles. The van der Waals surface area contributed by atoms with E-state index >= 15 is 0 Å². The number of aryl methyl sites for hydroxylation is 1. The van der Waals surface area contributed by atoms with E-state index in [-0.39, 0.29) is 11.9 Å². The summed E-state index contributed by atoms with van der Waals surface area (Å²) in [5.74, 6) is -0.0301. The van der Waals surface area contributed by atoms with E-state index in [1.54, 1.807) is 12.4 Å². The molecule has 4 heteroatoms. The van der Waals surface area contributed by atoms with Crippen molar-refractivity contribution in [1.29, 1.82) is 0 Å². The predicted molar refractivity (Wildman–Crippen MR) is 60.3 cm³/mol. The second kappa shape index (κ2) is 5.07. The molecule has 1 N–H and O–H groups in total. The van der Waals surface area contributed by atoms with Gasteiger partial charge in [-0.25, -0.2) is 0 Å². The van der Waals surface area contributed by atoms with Gasteiger partial charge in [0.05, 0.1) is 5.56 Å². The summed E-state index contributed by atoms with van der Waals surface area (Å²) in [6, 6.07) is 2.08. The Balaban J connectivity index is 2.00. The summed E-state index contributed by atoms with van der Waals surface area (Å²) >= 11 is 0. The first-order chi connectivity index (χ1) is 7.77. The summed E-state index contributed by atoms with van der Waals surface area (Å²) in [7, 11) is 0. The quantitative estimate of drug-likeness (QED) is 0.817. The van der Waals surface area contributed by atoms with Crippen LogP contribution in [0.25, 0.3) is 0 Å². The van der Waals surface area contributed by atoms with Gasteiger partial charge in [-0.05, 0) is 31.4 Å². The lowest BCUT2D eigenvalue weighted by Crippen LogP contribution is -2.39. The van der Waals surface area contributed by atoms with Gasteiger partial charge < -0.3 is 10.1 Å². The highest BCUT2D eigenvalue weighted by Crippen LogP contribution is 2.09. The minimum Gasteiger partial charge on any atom is -0.381 e. The van der Waals surface area contributed by atoms with Crippen molar-refractivity contribution in [2.45, 2.75) is 25.8 Å². The first-order valence-corrected chi connectivity index (χ1v) is 5.56. The number of carbonyl (C=O) groups is 1. The molecule has 1 amide bonds. The van der Waals surface area contributed by atoms with Crippen LogP contribution in [-0.4, -0.2) is 30.1 Å². The Labute approximate surface area is 95.0 Å². The van der Waals surface area contributed by atoms with Crippen molar-refractivity contribution in [1.82, 2.24) is 10.3 Å². The number of rotatable bonds is 2. The van der Waals surface area contributed by atoms with Gasteiger partial charge in [-0.3, -0.25) is 9.78 Å². The third kappa shape index (κ3) is 2.58. The largest absolute Gasteiger partial charge is 0.381 e. The molecule has 0 aromatic carbocycles. The fraction of sp³-hybridized carbons (Fsp3) is 0.500. The van der Waals surface area contributed by atoms with E-state index in [4.69, 9.17) is 4.74 Å². The van der Waals surface area contributed by atoms with E-state index in [1.807, 2.05) is 13.0 Å². The van der Waals surface area contributed by atoms with Crippen molar-refractivity contribution in [3.8, 4) is 0 Å². The lowest BCUT2D eigenvalue weighted by molar-refractivity contribution is 0.0696. The molecule has 0 spiro atoms. The average Bonchev–Trinajstić information content (AvgIpc) is 2.31. The van der Waals surface area contributed by atoms with Gasteiger partial charge in [-0.15, -0.1) is 0 Å². The van der Waals surface area contributed by atoms with Crippen LogP contribution in [0.15, 0.2) is 18.5 Å². The van der Waals surface area contributed by atoms with E-state index in [1.165, 1.54) is 0 Å². The van der Waals surface area contributed by atoms with Crippen LogP contribution in [0, 0.1) is 6.92 Å². The molecule has 0 unspecified atom stereocenters. The second-order valence-electron chi connectivity index (χ2n) is 4.05. The van der Waals surface area contributed by atoms with Crippen molar-refractivity contribution in [2.75, 3.05) is 13.2 Å². The van der Waals surface area contributed by atoms with Crippen LogP contribution in [0.3, 0.4) is 0 Å². The molecule has 0 radical (unpaired) electrons. The number of nitrogens with one attached hydrogen (secondary N) is 1. The predicted octanol–water partition coefficient (Wildman–Crippen LogP) is 1.30. The lowest BCUT2D eigenvalue weighted by Gasteiger charge is -2.23. The molecule has 0 bridgehead atoms. The Kier molecular flexibility index (Phi) is 3.51. The summed E-state index contributed by atoms with van der Waals surface area (Å²) in [6.07, 6.45) is 5.10. The number of ether oxygens (including phenoxy) is 1. The van der Waals surface area contributed by atoms with E-state index in [9.17, 15) is 4.79 Å². The zero-order valence-corrected chi connectivity index (χ0v) is 9.40. The number of pyridine rings is 1. The van der Waals surface area contributed by atoms with Crippen LogP contribution in [0.2, 0.25) is 0 Å². The van der Waals surface area contributed by atoms with Gasteiger partial charge in [-0.2, -0.15) is 0 Å². The summed E-state index contributed by atoms with van der Waals surface area (Å²) in [5.41, 5.74) is 1.62. The maximum absolute atomic E-state index is 11.9. The third-order valence-corrected chi connectivity index (χ3v) is 2.84. The molecular formula is C12H16N2O2. The molecule has 0 saturated carbocycles. The molecule has 1 aliphatic heterocycles. The molecule has 1 aromatic rings. The van der Waals surface area contributed by atoms with Crippen molar-refractivity contribution >= 4 is 5.91 Å². The molecule has 1 saturated heterocycles. The smallest absolute Gasteiger partial charge is 0.253 e. The minimum atomic E-state index is -0.0301. The van der Waals surface area contributed by atoms with Crippen molar-refractivity contribution in [2.24, 2.45) is 0 Å². The van der Waals surface area contributed by atoms with Crippen LogP contribution in [0.5, 0.6) is 0 Å². The molecule has 16 heavy (non-hydrogen) atoms. The second-order valence-corrected chi connectivity index (χ2v) is 4.05. The van der Waals surface area contributed by atoms with Crippen molar-refractivity contribution in [3.05, 3.63) is 29.6 Å². The summed E-state index contributed by atoms with van der Waals surface area (Å²) in [6.45, 7) is 3.38. The maximum Gasteiger partial charge on any atom is 0.253 e. The van der Waals surface area contributed by atoms with Gasteiger partial charge in [0.2, 0.25) is 0 Å². The number of hydrogen-bond acceptors (Lipinski definition) is 3. The van der Waals surface area contributed by atoms with E-state index < -0.39 is 0 Å². The molecular weight excluding hydrogens is 204 g/mol. The molecule has 4 nitrogen and oxygen atoms in total. The molecule has 1 fully saturated rings. The summed E-state index contributed by atoms with van der Waals surface area (Å²) < 4.78 is 5.25. The Morgan fingerprint density at radius 1 is 1.50 bits per heavy atom. The van der Waals surface area contributed by atoms with Crippen molar-refractivity contribution < 1.29 is 9.53 Å². The zero-order chi connectivity index (χ0) is 11.4. The fourth-order valence-electron chi connectivity index (χ4n) is 1.81. The monoisotopic (exact) mass is 220 g/mol. The van der Waals surface area contributed by atoms with Crippen LogP contribution < -0.4 is 5.32 Å². The molecule has 2 heterocycles. The first-order valence-electron chi connectivity index (χ1n) is 5.56. The number of aromatic nitrogens is 1. The fourth-order valence-corrected chi connectivity index (χ4v) is 1.81. The van der Waals surface area contributed by atoms with Gasteiger partial charge in [-0.1, -0.05) is 0 Å². The van der Waals surface area contributed by atoms with Crippen LogP contribution in [-0.2, 0) is 4.74 Å². The Morgan fingerprint density at radius 2 is 2.25 bits per heavy atom. The van der Waals surface area contributed by atoms with Gasteiger partial charge in [0.15, 0.2) is 0 Å². The molecule has 1 aliphatic rings. The Hall–Kier alpha value is -1.42. The van der Waals surface area contributed by atoms with Gasteiger partial charge in [0.1, 0.15) is 0 Å². The lowest BCUT2D eigenvalue weighted by atomic mass is 10.1. The van der Waals surface area contributed by atoms with Gasteiger partial charge >= 0.3 is 0 Å². The number of hydrogen-bond donors (Lipinski definition) is 1. The average molecular weight is 220 g/mol. The standard InChI is InChI=1S/C12H16N2O2/c1-9-2-5-13-8-11(9)12(15)14-10-3-6-16-7-4-10/h2,5,8,10H,3-4,6-7H2,1H3,(H,14,15). The Bertz CT molecular complexity index is 373. The normalized spacial score (nSPS) is 17.1. The zero-order valence-electron chi connectivity index (χ0n) is 9.40. The van der Waals surface area contributed by atoms with Gasteiger partial charge in [0, 0.05) is 31.6 Å². The highest BCUT2D eigenvalue weighted by Gasteiger charge is 2.17. The summed E-state index contributed by atoms with van der Waals surface area (Å²) in [5, 5.41) is 3.02. The van der Waals surface area contributed by atoms with Crippen molar-refractivity contribution in [3.63, 3.8) is 0 Å². The molecule has 86 valence electrons. The number of carbonyl (C=O) groups excluding carboxylic acids is 1. The number of nitrogens with zero attached hydrogens (tertiary/aromatic N) is 1. The minimum absolute atomic E-state index is 0.0301. The highest BCUT2D eigenvalue weighted by atomic mass is 16.5. The topological polar surface area (TPSA) is 51.2 Å². The Morgan fingerprint density at radius 3 is 2.94 bits per heavy atom.